The Bertz CT molecular complexity index is 939. The molecule has 0 radical (unpaired) electrons. The molecular weight excluding hydrogens is 364 g/mol. The van der Waals surface area contributed by atoms with Gasteiger partial charge in [-0.25, -0.2) is 8.42 Å². The number of ether oxygens (including phenoxy) is 1. The normalized spacial score (nSPS) is 10.9. The molecule has 0 aliphatic rings. The number of amides is 1. The molecule has 7 heteroatoms. The van der Waals surface area contributed by atoms with Crippen LogP contribution in [0.5, 0.6) is 5.75 Å². The fourth-order valence-electron chi connectivity index (χ4n) is 2.62. The van der Waals surface area contributed by atoms with Crippen LogP contribution in [0.2, 0.25) is 0 Å². The highest BCUT2D eigenvalue weighted by Gasteiger charge is 2.22. The third-order valence-electron chi connectivity index (χ3n) is 3.79. The van der Waals surface area contributed by atoms with E-state index in [1.807, 2.05) is 26.0 Å². The number of carbonyl (C=O) groups excluding carboxylic acids is 1. The highest BCUT2D eigenvalue weighted by atomic mass is 32.2. The van der Waals surface area contributed by atoms with Crippen molar-refractivity contribution in [2.45, 2.75) is 13.8 Å². The lowest BCUT2D eigenvalue weighted by Gasteiger charge is -2.24. The van der Waals surface area contributed by atoms with Gasteiger partial charge in [-0.05, 0) is 37.6 Å². The van der Waals surface area contributed by atoms with Crippen LogP contribution in [0.1, 0.15) is 11.1 Å². The van der Waals surface area contributed by atoms with Gasteiger partial charge >= 0.3 is 0 Å². The van der Waals surface area contributed by atoms with Gasteiger partial charge in [0.25, 0.3) is 0 Å². The number of carbonyl (C=O) groups is 1. The highest BCUT2D eigenvalue weighted by molar-refractivity contribution is 7.92. The van der Waals surface area contributed by atoms with Gasteiger partial charge in [-0.15, -0.1) is 0 Å². The molecule has 0 aromatic heterocycles. The van der Waals surface area contributed by atoms with Crippen LogP contribution >= 0.6 is 0 Å². The molecule has 1 amide bonds. The Balaban J connectivity index is 2.18. The van der Waals surface area contributed by atoms with Gasteiger partial charge in [0.1, 0.15) is 18.9 Å². The lowest BCUT2D eigenvalue weighted by atomic mass is 10.1. The van der Waals surface area contributed by atoms with E-state index >= 15 is 0 Å². The maximum absolute atomic E-state index is 12.5. The smallest absolute Gasteiger partial charge is 0.245 e. The van der Waals surface area contributed by atoms with Crippen molar-refractivity contribution in [1.29, 1.82) is 0 Å². The Labute approximate surface area is 160 Å². The molecule has 2 aromatic carbocycles. The number of aryl methyl sites for hydroxylation is 2. The highest BCUT2D eigenvalue weighted by Crippen LogP contribution is 2.24. The molecule has 144 valence electrons. The molecule has 0 fully saturated rings. The average molecular weight is 388 g/mol. The number of nitrogens with one attached hydrogen (secondary N) is 1. The summed E-state index contributed by atoms with van der Waals surface area (Å²) in [5, 5.41) is 2.71. The van der Waals surface area contributed by atoms with Gasteiger partial charge < -0.3 is 10.1 Å². The lowest BCUT2D eigenvalue weighted by molar-refractivity contribution is -0.114. The zero-order valence-corrected chi connectivity index (χ0v) is 16.5. The number of rotatable bonds is 8. The van der Waals surface area contributed by atoms with Crippen molar-refractivity contribution in [2.75, 3.05) is 29.0 Å². The van der Waals surface area contributed by atoms with Crippen molar-refractivity contribution < 1.29 is 17.9 Å². The summed E-state index contributed by atoms with van der Waals surface area (Å²) >= 11 is 0. The molecule has 1 N–H and O–H groups in total. The van der Waals surface area contributed by atoms with Gasteiger partial charge in [0.2, 0.25) is 15.9 Å². The Morgan fingerprint density at radius 1 is 1.22 bits per heavy atom. The summed E-state index contributed by atoms with van der Waals surface area (Å²) in [7, 11) is -3.62. The number of hydrogen-bond acceptors (Lipinski definition) is 4. The van der Waals surface area contributed by atoms with Crippen molar-refractivity contribution in [1.82, 2.24) is 0 Å². The molecule has 6 nitrogen and oxygen atoms in total. The minimum absolute atomic E-state index is 0.319. The first kappa shape index (κ1) is 20.5. The van der Waals surface area contributed by atoms with E-state index in [1.165, 1.54) is 0 Å². The standard InChI is InChI=1S/C20H24N2O4S/c1-5-11-26-18-8-6-7-17(13-18)21-20(23)14-22(27(4,24)25)19-10-9-15(2)12-16(19)3/h5-10,12-13H,1,11,14H2,2-4H3,(H,21,23). The van der Waals surface area contributed by atoms with Crippen LogP contribution in [0.25, 0.3) is 0 Å². The molecule has 0 bridgehead atoms. The van der Waals surface area contributed by atoms with E-state index in [2.05, 4.69) is 11.9 Å². The maximum Gasteiger partial charge on any atom is 0.245 e. The fraction of sp³-hybridized carbons (Fsp3) is 0.250. The summed E-state index contributed by atoms with van der Waals surface area (Å²) in [6, 6.07) is 12.3. The molecular formula is C20H24N2O4S. The number of nitrogens with zero attached hydrogens (tertiary/aromatic N) is 1. The molecule has 27 heavy (non-hydrogen) atoms. The summed E-state index contributed by atoms with van der Waals surface area (Å²) in [4.78, 5) is 12.5. The first-order valence-corrected chi connectivity index (χ1v) is 10.2. The molecule has 2 aromatic rings. The fourth-order valence-corrected chi connectivity index (χ4v) is 3.53. The van der Waals surface area contributed by atoms with Gasteiger partial charge in [0.15, 0.2) is 0 Å². The summed E-state index contributed by atoms with van der Waals surface area (Å²) < 4.78 is 31.0. The van der Waals surface area contributed by atoms with Crippen LogP contribution in [0.4, 0.5) is 11.4 Å². The van der Waals surface area contributed by atoms with E-state index in [0.717, 1.165) is 21.7 Å². The summed E-state index contributed by atoms with van der Waals surface area (Å²) in [6.45, 7) is 7.37. The van der Waals surface area contributed by atoms with Crippen molar-refractivity contribution in [3.05, 3.63) is 66.2 Å². The number of hydrogen-bond donors (Lipinski definition) is 1. The predicted molar refractivity (Wildman–Crippen MR) is 109 cm³/mol. The van der Waals surface area contributed by atoms with E-state index in [-0.39, 0.29) is 6.54 Å². The molecule has 0 aliphatic carbocycles. The van der Waals surface area contributed by atoms with E-state index in [4.69, 9.17) is 4.74 Å². The second-order valence-corrected chi connectivity index (χ2v) is 8.14. The third-order valence-corrected chi connectivity index (χ3v) is 4.92. The van der Waals surface area contributed by atoms with Crippen molar-refractivity contribution >= 4 is 27.3 Å². The second kappa shape index (κ2) is 8.73. The lowest BCUT2D eigenvalue weighted by Crippen LogP contribution is -2.37. The summed E-state index contributed by atoms with van der Waals surface area (Å²) in [5.74, 6) is 0.142. The van der Waals surface area contributed by atoms with Crippen molar-refractivity contribution in [3.8, 4) is 5.75 Å². The molecule has 0 saturated heterocycles. The average Bonchev–Trinajstić information content (AvgIpc) is 2.58. The van der Waals surface area contributed by atoms with Crippen molar-refractivity contribution in [2.24, 2.45) is 0 Å². The first-order valence-electron chi connectivity index (χ1n) is 8.39. The third kappa shape index (κ3) is 5.86. The Morgan fingerprint density at radius 2 is 1.96 bits per heavy atom. The molecule has 0 aliphatic heterocycles. The van der Waals surface area contributed by atoms with Crippen molar-refractivity contribution in [3.63, 3.8) is 0 Å². The molecule has 2 rings (SSSR count). The molecule has 0 unspecified atom stereocenters. The Kier molecular flexibility index (Phi) is 6.63. The van der Waals surface area contributed by atoms with E-state index in [1.54, 1.807) is 36.4 Å². The molecule has 0 spiro atoms. The minimum atomic E-state index is -3.62. The van der Waals surface area contributed by atoms with Crippen LogP contribution in [-0.2, 0) is 14.8 Å². The van der Waals surface area contributed by atoms with Gasteiger partial charge in [0.05, 0.1) is 11.9 Å². The number of anilines is 2. The predicted octanol–water partition coefficient (Wildman–Crippen LogP) is 3.27. The monoisotopic (exact) mass is 388 g/mol. The minimum Gasteiger partial charge on any atom is -0.489 e. The van der Waals surface area contributed by atoms with Crippen LogP contribution in [0.3, 0.4) is 0 Å². The molecule has 0 atom stereocenters. The number of benzene rings is 2. The van der Waals surface area contributed by atoms with E-state index in [0.29, 0.717) is 23.7 Å². The molecule has 0 heterocycles. The zero-order chi connectivity index (χ0) is 20.0. The second-order valence-electron chi connectivity index (χ2n) is 6.24. The van der Waals surface area contributed by atoms with Gasteiger partial charge in [-0.1, -0.05) is 36.4 Å². The van der Waals surface area contributed by atoms with Crippen LogP contribution in [0.15, 0.2) is 55.1 Å². The Morgan fingerprint density at radius 3 is 2.59 bits per heavy atom. The van der Waals surface area contributed by atoms with Crippen LogP contribution < -0.4 is 14.4 Å². The molecule has 0 saturated carbocycles. The summed E-state index contributed by atoms with van der Waals surface area (Å²) in [6.07, 6.45) is 2.71. The summed E-state index contributed by atoms with van der Waals surface area (Å²) in [5.41, 5.74) is 2.82. The van der Waals surface area contributed by atoms with Gasteiger partial charge in [-0.2, -0.15) is 0 Å². The first-order chi connectivity index (χ1) is 12.7. The Hall–Kier alpha value is -2.80. The van der Waals surface area contributed by atoms with Crippen LogP contribution in [0, 0.1) is 13.8 Å². The zero-order valence-electron chi connectivity index (χ0n) is 15.7. The van der Waals surface area contributed by atoms with Crippen LogP contribution in [-0.4, -0.2) is 33.7 Å². The van der Waals surface area contributed by atoms with E-state index in [9.17, 15) is 13.2 Å². The topological polar surface area (TPSA) is 75.7 Å². The number of sulfonamides is 1. The van der Waals surface area contributed by atoms with Gasteiger partial charge in [-0.3, -0.25) is 9.10 Å². The van der Waals surface area contributed by atoms with Gasteiger partial charge in [0, 0.05) is 11.8 Å². The maximum atomic E-state index is 12.5. The SMILES string of the molecule is C=CCOc1cccc(NC(=O)CN(c2ccc(C)cc2C)S(C)(=O)=O)c1. The van der Waals surface area contributed by atoms with E-state index < -0.39 is 15.9 Å². The quantitative estimate of drug-likeness (QED) is 0.704. The largest absolute Gasteiger partial charge is 0.489 e.